The molecule has 0 unspecified atom stereocenters. The van der Waals surface area contributed by atoms with Crippen molar-refractivity contribution < 1.29 is 22.7 Å². The number of rotatable bonds is 9. The Bertz CT molecular complexity index is 1340. The van der Waals surface area contributed by atoms with E-state index < -0.39 is 29.1 Å². The first kappa shape index (κ1) is 25.1. The fraction of sp³-hybridized carbons (Fsp3) is 0.231. The highest BCUT2D eigenvalue weighted by molar-refractivity contribution is 7.92. The molecule has 7 nitrogen and oxygen atoms in total. The van der Waals surface area contributed by atoms with Gasteiger partial charge in [-0.3, -0.25) is 9.59 Å². The molecular formula is C26H28N2O5S. The van der Waals surface area contributed by atoms with Crippen molar-refractivity contribution >= 4 is 27.9 Å². The Balaban J connectivity index is 1.59. The molecule has 0 amide bonds. The molecule has 0 saturated carbocycles. The van der Waals surface area contributed by atoms with Gasteiger partial charge in [0.1, 0.15) is 6.54 Å². The average molecular weight is 481 g/mol. The summed E-state index contributed by atoms with van der Waals surface area (Å²) in [4.78, 5) is 24.7. The van der Waals surface area contributed by atoms with E-state index in [1.807, 2.05) is 50.5 Å². The number of ketones is 1. The smallest absolute Gasteiger partial charge is 0.321 e. The lowest BCUT2D eigenvalue weighted by molar-refractivity contribution is -0.141. The topological polar surface area (TPSA) is 94.5 Å². The van der Waals surface area contributed by atoms with Gasteiger partial charge in [0, 0.05) is 28.0 Å². The van der Waals surface area contributed by atoms with Crippen LogP contribution in [0.3, 0.4) is 0 Å². The monoisotopic (exact) mass is 480 g/mol. The predicted octanol–water partition coefficient (Wildman–Crippen LogP) is 4.03. The Hall–Kier alpha value is -3.49. The summed E-state index contributed by atoms with van der Waals surface area (Å²) in [5.74, 6) is -1.20. The van der Waals surface area contributed by atoms with Crippen molar-refractivity contribution in [2.75, 3.05) is 13.2 Å². The maximum Gasteiger partial charge on any atom is 0.321 e. The minimum atomic E-state index is -3.83. The predicted molar refractivity (Wildman–Crippen MR) is 132 cm³/mol. The fourth-order valence-corrected chi connectivity index (χ4v) is 4.27. The Kier molecular flexibility index (Phi) is 7.86. The molecule has 8 heteroatoms. The lowest BCUT2D eigenvalue weighted by Gasteiger charge is -2.12. The lowest BCUT2D eigenvalue weighted by atomic mass is 10.1. The highest BCUT2D eigenvalue weighted by Crippen LogP contribution is 2.23. The third kappa shape index (κ3) is 6.30. The van der Waals surface area contributed by atoms with Gasteiger partial charge in [0.2, 0.25) is 15.8 Å². The highest BCUT2D eigenvalue weighted by atomic mass is 32.2. The van der Waals surface area contributed by atoms with E-state index >= 15 is 0 Å². The largest absolute Gasteiger partial charge is 0.456 e. The fourth-order valence-electron chi connectivity index (χ4n) is 3.52. The summed E-state index contributed by atoms with van der Waals surface area (Å²) < 4.78 is 33.3. The van der Waals surface area contributed by atoms with Crippen LogP contribution < -0.4 is 4.72 Å². The highest BCUT2D eigenvalue weighted by Gasteiger charge is 2.19. The van der Waals surface area contributed by atoms with E-state index in [1.54, 1.807) is 30.3 Å². The maximum absolute atomic E-state index is 12.7. The molecule has 1 N–H and O–H groups in total. The van der Waals surface area contributed by atoms with Crippen molar-refractivity contribution in [2.45, 2.75) is 27.7 Å². The SMILES string of the molecule is Cc1ccc(-n2c(C)cc(C(=O)COC(=O)CNS(=O)(=O)C=Cc3ccccc3)c2C)cc1C. The van der Waals surface area contributed by atoms with Gasteiger partial charge in [-0.25, -0.2) is 13.1 Å². The van der Waals surface area contributed by atoms with Crippen LogP contribution in [-0.4, -0.2) is 37.9 Å². The van der Waals surface area contributed by atoms with Crippen LogP contribution in [0.25, 0.3) is 11.8 Å². The van der Waals surface area contributed by atoms with E-state index in [-0.39, 0.29) is 5.78 Å². The number of benzene rings is 2. The first-order chi connectivity index (χ1) is 16.1. The van der Waals surface area contributed by atoms with Gasteiger partial charge in [-0.15, -0.1) is 0 Å². The maximum atomic E-state index is 12.7. The van der Waals surface area contributed by atoms with Crippen LogP contribution in [0.4, 0.5) is 0 Å². The van der Waals surface area contributed by atoms with Crippen molar-refractivity contribution in [3.8, 4) is 5.69 Å². The molecular weight excluding hydrogens is 452 g/mol. The third-order valence-electron chi connectivity index (χ3n) is 5.50. The zero-order chi connectivity index (χ0) is 24.9. The molecule has 34 heavy (non-hydrogen) atoms. The number of ether oxygens (including phenoxy) is 1. The molecule has 3 aromatic rings. The number of hydrogen-bond donors (Lipinski definition) is 1. The number of carbonyl (C=O) groups is 2. The molecule has 0 aliphatic rings. The molecule has 0 radical (unpaired) electrons. The number of esters is 1. The number of aryl methyl sites for hydroxylation is 3. The van der Waals surface area contributed by atoms with Gasteiger partial charge in [-0.05, 0) is 68.7 Å². The van der Waals surface area contributed by atoms with Gasteiger partial charge in [-0.1, -0.05) is 36.4 Å². The van der Waals surface area contributed by atoms with Gasteiger partial charge in [0.15, 0.2) is 6.61 Å². The van der Waals surface area contributed by atoms with Crippen LogP contribution in [0.1, 0.15) is 38.4 Å². The summed E-state index contributed by atoms with van der Waals surface area (Å²) in [6, 6.07) is 16.7. The number of nitrogens with one attached hydrogen (secondary N) is 1. The number of sulfonamides is 1. The van der Waals surface area contributed by atoms with Crippen molar-refractivity contribution in [3.63, 3.8) is 0 Å². The van der Waals surface area contributed by atoms with Crippen molar-refractivity contribution in [3.05, 3.63) is 93.6 Å². The summed E-state index contributed by atoms with van der Waals surface area (Å²) in [5.41, 5.74) is 6.07. The van der Waals surface area contributed by atoms with Gasteiger partial charge < -0.3 is 9.30 Å². The molecule has 1 aromatic heterocycles. The molecule has 1 heterocycles. The quantitative estimate of drug-likeness (QED) is 0.369. The standard InChI is InChI=1S/C26H28N2O5S/c1-18-10-11-23(14-19(18)2)28-20(3)15-24(21(28)4)25(29)17-33-26(30)16-27-34(31,32)13-12-22-8-6-5-7-9-22/h5-15,27H,16-17H2,1-4H3. The summed E-state index contributed by atoms with van der Waals surface area (Å²) >= 11 is 0. The molecule has 3 rings (SSSR count). The van der Waals surface area contributed by atoms with E-state index in [1.165, 1.54) is 11.6 Å². The molecule has 0 bridgehead atoms. The van der Waals surface area contributed by atoms with Crippen LogP contribution in [0.2, 0.25) is 0 Å². The first-order valence-electron chi connectivity index (χ1n) is 10.8. The van der Waals surface area contributed by atoms with E-state index in [2.05, 4.69) is 10.8 Å². The summed E-state index contributed by atoms with van der Waals surface area (Å²) in [5, 5.41) is 0.975. The molecule has 0 aliphatic heterocycles. The van der Waals surface area contributed by atoms with Crippen LogP contribution in [0.15, 0.2) is 60.0 Å². The second-order valence-corrected chi connectivity index (χ2v) is 9.70. The third-order valence-corrected chi connectivity index (χ3v) is 6.54. The Morgan fingerprint density at radius 2 is 1.68 bits per heavy atom. The molecule has 0 spiro atoms. The normalized spacial score (nSPS) is 11.6. The van der Waals surface area contributed by atoms with Crippen molar-refractivity contribution in [1.82, 2.24) is 9.29 Å². The van der Waals surface area contributed by atoms with E-state index in [9.17, 15) is 18.0 Å². The molecule has 0 fully saturated rings. The van der Waals surface area contributed by atoms with Crippen LogP contribution in [0.5, 0.6) is 0 Å². The molecule has 0 saturated heterocycles. The second-order valence-electron chi connectivity index (χ2n) is 8.05. The number of nitrogens with zero attached hydrogens (tertiary/aromatic N) is 1. The Labute approximate surface area is 200 Å². The van der Waals surface area contributed by atoms with E-state index in [4.69, 9.17) is 4.74 Å². The number of Topliss-reactive ketones (excluding diaryl/α,β-unsaturated/α-hetero) is 1. The van der Waals surface area contributed by atoms with Crippen LogP contribution in [0, 0.1) is 27.7 Å². The van der Waals surface area contributed by atoms with E-state index in [0.29, 0.717) is 11.1 Å². The van der Waals surface area contributed by atoms with Crippen molar-refractivity contribution in [1.29, 1.82) is 0 Å². The summed E-state index contributed by atoms with van der Waals surface area (Å²) in [7, 11) is -3.83. The second kappa shape index (κ2) is 10.6. The number of aromatic nitrogens is 1. The summed E-state index contributed by atoms with van der Waals surface area (Å²) in [6.07, 6.45) is 1.42. The minimum absolute atomic E-state index is 0.358. The zero-order valence-electron chi connectivity index (χ0n) is 19.7. The van der Waals surface area contributed by atoms with Gasteiger partial charge in [0.25, 0.3) is 0 Å². The van der Waals surface area contributed by atoms with Gasteiger partial charge >= 0.3 is 5.97 Å². The number of hydrogen-bond acceptors (Lipinski definition) is 5. The Morgan fingerprint density at radius 3 is 2.35 bits per heavy atom. The number of carbonyl (C=O) groups excluding carboxylic acids is 2. The van der Waals surface area contributed by atoms with E-state index in [0.717, 1.165) is 28.0 Å². The molecule has 0 atom stereocenters. The minimum Gasteiger partial charge on any atom is -0.456 e. The molecule has 2 aromatic carbocycles. The van der Waals surface area contributed by atoms with Crippen LogP contribution >= 0.6 is 0 Å². The average Bonchev–Trinajstić information content (AvgIpc) is 3.11. The molecule has 178 valence electrons. The Morgan fingerprint density at radius 1 is 0.971 bits per heavy atom. The van der Waals surface area contributed by atoms with Crippen molar-refractivity contribution in [2.24, 2.45) is 0 Å². The lowest BCUT2D eigenvalue weighted by Crippen LogP contribution is -2.30. The summed E-state index contributed by atoms with van der Waals surface area (Å²) in [6.45, 7) is 6.77. The zero-order valence-corrected chi connectivity index (χ0v) is 20.5. The van der Waals surface area contributed by atoms with Gasteiger partial charge in [0.05, 0.1) is 0 Å². The first-order valence-corrected chi connectivity index (χ1v) is 12.3. The molecule has 0 aliphatic carbocycles. The van der Waals surface area contributed by atoms with Crippen LogP contribution in [-0.2, 0) is 19.6 Å². The van der Waals surface area contributed by atoms with Gasteiger partial charge in [-0.2, -0.15) is 0 Å².